The van der Waals surface area contributed by atoms with Crippen LogP contribution in [0.4, 0.5) is 4.39 Å². The zero-order chi connectivity index (χ0) is 16.8. The number of aromatic nitrogens is 1. The average molecular weight is 320 g/mol. The molecule has 2 rings (SSSR count). The molecule has 23 heavy (non-hydrogen) atoms. The number of benzene rings is 1. The van der Waals surface area contributed by atoms with Crippen molar-refractivity contribution >= 4 is 11.9 Å². The number of ether oxygens (including phenoxy) is 1. The van der Waals surface area contributed by atoms with Gasteiger partial charge in [-0.1, -0.05) is 17.3 Å². The largest absolute Gasteiger partial charge is 0.468 e. The van der Waals surface area contributed by atoms with Crippen LogP contribution in [0.25, 0.3) is 0 Å². The number of esters is 1. The van der Waals surface area contributed by atoms with Crippen molar-refractivity contribution in [1.29, 1.82) is 0 Å². The van der Waals surface area contributed by atoms with Crippen molar-refractivity contribution in [3.63, 3.8) is 0 Å². The van der Waals surface area contributed by atoms with E-state index in [9.17, 15) is 14.0 Å². The Morgan fingerprint density at radius 2 is 2.04 bits per heavy atom. The molecule has 1 heterocycles. The Kier molecular flexibility index (Phi) is 5.46. The van der Waals surface area contributed by atoms with Crippen LogP contribution in [0.2, 0.25) is 0 Å². The first-order valence-electron chi connectivity index (χ1n) is 7.01. The fraction of sp³-hybridized carbons (Fsp3) is 0.312. The van der Waals surface area contributed by atoms with E-state index in [-0.39, 0.29) is 18.9 Å². The molecule has 0 saturated heterocycles. The molecule has 1 atom stereocenters. The fourth-order valence-corrected chi connectivity index (χ4v) is 2.12. The van der Waals surface area contributed by atoms with E-state index < -0.39 is 17.7 Å². The van der Waals surface area contributed by atoms with Crippen LogP contribution >= 0.6 is 0 Å². The van der Waals surface area contributed by atoms with Crippen LogP contribution in [0, 0.1) is 12.7 Å². The van der Waals surface area contributed by atoms with Crippen molar-refractivity contribution in [2.75, 3.05) is 13.7 Å². The Morgan fingerprint density at radius 1 is 1.35 bits per heavy atom. The molecule has 1 aromatic heterocycles. The van der Waals surface area contributed by atoms with E-state index in [1.807, 2.05) is 0 Å². The summed E-state index contributed by atoms with van der Waals surface area (Å²) in [5, 5.41) is 6.39. The molecule has 1 unspecified atom stereocenters. The average Bonchev–Trinajstić information content (AvgIpc) is 2.93. The molecule has 7 heteroatoms. The number of amides is 1. The summed E-state index contributed by atoms with van der Waals surface area (Å²) in [5.41, 5.74) is 1.08. The third kappa shape index (κ3) is 4.64. The van der Waals surface area contributed by atoms with Gasteiger partial charge in [-0.25, -0.2) is 4.39 Å². The van der Waals surface area contributed by atoms with Gasteiger partial charge in [-0.05, 0) is 24.6 Å². The van der Waals surface area contributed by atoms with Crippen molar-refractivity contribution in [2.45, 2.75) is 19.3 Å². The van der Waals surface area contributed by atoms with Crippen LogP contribution in [0.3, 0.4) is 0 Å². The number of halogens is 1. The predicted molar refractivity (Wildman–Crippen MR) is 79.1 cm³/mol. The van der Waals surface area contributed by atoms with Gasteiger partial charge in [0.1, 0.15) is 11.6 Å². The number of carbonyl (C=O) groups excluding carboxylic acids is 2. The van der Waals surface area contributed by atoms with Crippen LogP contribution in [-0.2, 0) is 20.7 Å². The van der Waals surface area contributed by atoms with Gasteiger partial charge in [-0.2, -0.15) is 0 Å². The molecule has 0 fully saturated rings. The van der Waals surface area contributed by atoms with Gasteiger partial charge in [0.2, 0.25) is 5.91 Å². The molecular formula is C16H17FN2O4. The lowest BCUT2D eigenvalue weighted by Crippen LogP contribution is -2.33. The molecule has 2 aromatic rings. The Morgan fingerprint density at radius 3 is 2.61 bits per heavy atom. The highest BCUT2D eigenvalue weighted by Gasteiger charge is 2.22. The number of aryl methyl sites for hydroxylation is 1. The minimum Gasteiger partial charge on any atom is -0.468 e. The van der Waals surface area contributed by atoms with Crippen LogP contribution in [0.1, 0.15) is 22.9 Å². The lowest BCUT2D eigenvalue weighted by atomic mass is 9.99. The van der Waals surface area contributed by atoms with Gasteiger partial charge in [-0.15, -0.1) is 0 Å². The van der Waals surface area contributed by atoms with Crippen molar-refractivity contribution in [3.8, 4) is 0 Å². The first-order chi connectivity index (χ1) is 11.0. The van der Waals surface area contributed by atoms with Gasteiger partial charge in [-0.3, -0.25) is 9.59 Å². The first-order valence-corrected chi connectivity index (χ1v) is 7.01. The summed E-state index contributed by atoms with van der Waals surface area (Å²) in [4.78, 5) is 23.8. The van der Waals surface area contributed by atoms with Crippen molar-refractivity contribution in [3.05, 3.63) is 53.2 Å². The molecule has 1 amide bonds. The van der Waals surface area contributed by atoms with E-state index in [1.165, 1.54) is 31.4 Å². The SMILES string of the molecule is COC(=O)C(CNC(=O)Cc1cc(C)on1)c1ccc(F)cc1. The summed E-state index contributed by atoms with van der Waals surface area (Å²) in [6.07, 6.45) is 0.0502. The first kappa shape index (κ1) is 16.7. The molecule has 122 valence electrons. The summed E-state index contributed by atoms with van der Waals surface area (Å²) in [6, 6.07) is 7.15. The quantitative estimate of drug-likeness (QED) is 0.820. The number of nitrogens with zero attached hydrogens (tertiary/aromatic N) is 1. The molecule has 0 bridgehead atoms. The highest BCUT2D eigenvalue weighted by atomic mass is 19.1. The van der Waals surface area contributed by atoms with E-state index in [2.05, 4.69) is 10.5 Å². The minimum atomic E-state index is -0.705. The van der Waals surface area contributed by atoms with E-state index in [4.69, 9.17) is 9.26 Å². The van der Waals surface area contributed by atoms with E-state index in [0.29, 0.717) is 17.0 Å². The van der Waals surface area contributed by atoms with Crippen molar-refractivity contribution in [1.82, 2.24) is 10.5 Å². The van der Waals surface area contributed by atoms with Gasteiger partial charge in [0.05, 0.1) is 25.1 Å². The van der Waals surface area contributed by atoms with Gasteiger partial charge in [0.25, 0.3) is 0 Å². The molecule has 0 aliphatic carbocycles. The lowest BCUT2D eigenvalue weighted by molar-refractivity contribution is -0.142. The van der Waals surface area contributed by atoms with Gasteiger partial charge >= 0.3 is 5.97 Å². The van der Waals surface area contributed by atoms with Gasteiger partial charge in [0.15, 0.2) is 0 Å². The molecule has 0 spiro atoms. The molecule has 0 saturated carbocycles. The number of hydrogen-bond donors (Lipinski definition) is 1. The number of methoxy groups -OCH3 is 1. The molecular weight excluding hydrogens is 303 g/mol. The zero-order valence-electron chi connectivity index (χ0n) is 12.8. The second-order valence-electron chi connectivity index (χ2n) is 5.04. The smallest absolute Gasteiger partial charge is 0.314 e. The second-order valence-corrected chi connectivity index (χ2v) is 5.04. The van der Waals surface area contributed by atoms with E-state index in [1.54, 1.807) is 13.0 Å². The maximum Gasteiger partial charge on any atom is 0.314 e. The van der Waals surface area contributed by atoms with Crippen molar-refractivity contribution in [2.24, 2.45) is 0 Å². The van der Waals surface area contributed by atoms with E-state index >= 15 is 0 Å². The van der Waals surface area contributed by atoms with Gasteiger partial charge in [0, 0.05) is 12.6 Å². The Balaban J connectivity index is 1.99. The van der Waals surface area contributed by atoms with Crippen molar-refractivity contribution < 1.29 is 23.2 Å². The maximum atomic E-state index is 13.0. The monoisotopic (exact) mass is 320 g/mol. The third-order valence-corrected chi connectivity index (χ3v) is 3.28. The number of hydrogen-bond acceptors (Lipinski definition) is 5. The molecule has 0 radical (unpaired) electrons. The normalized spacial score (nSPS) is 11.8. The number of rotatable bonds is 6. The topological polar surface area (TPSA) is 81.4 Å². The summed E-state index contributed by atoms with van der Waals surface area (Å²) in [5.74, 6) is -1.29. The Labute approximate surface area is 132 Å². The summed E-state index contributed by atoms with van der Waals surface area (Å²) in [6.45, 7) is 1.78. The summed E-state index contributed by atoms with van der Waals surface area (Å²) >= 11 is 0. The number of nitrogens with one attached hydrogen (secondary N) is 1. The van der Waals surface area contributed by atoms with Crippen LogP contribution < -0.4 is 5.32 Å². The van der Waals surface area contributed by atoms with Gasteiger partial charge < -0.3 is 14.6 Å². The zero-order valence-corrected chi connectivity index (χ0v) is 12.8. The molecule has 0 aliphatic heterocycles. The standard InChI is InChI=1S/C16H17FN2O4/c1-10-7-13(19-23-10)8-15(20)18-9-14(16(21)22-2)11-3-5-12(17)6-4-11/h3-7,14H,8-9H2,1-2H3,(H,18,20). The van der Waals surface area contributed by atoms with Crippen LogP contribution in [-0.4, -0.2) is 30.7 Å². The van der Waals surface area contributed by atoms with Crippen LogP contribution in [0.5, 0.6) is 0 Å². The molecule has 6 nitrogen and oxygen atoms in total. The maximum absolute atomic E-state index is 13.0. The Hall–Kier alpha value is -2.70. The summed E-state index contributed by atoms with van der Waals surface area (Å²) < 4.78 is 22.6. The molecule has 1 aromatic carbocycles. The second kappa shape index (κ2) is 7.53. The van der Waals surface area contributed by atoms with Crippen LogP contribution in [0.15, 0.2) is 34.9 Å². The van der Waals surface area contributed by atoms with E-state index in [0.717, 1.165) is 0 Å². The molecule has 1 N–H and O–H groups in total. The fourth-order valence-electron chi connectivity index (χ4n) is 2.12. The highest BCUT2D eigenvalue weighted by molar-refractivity contribution is 5.81. The third-order valence-electron chi connectivity index (χ3n) is 3.28. The highest BCUT2D eigenvalue weighted by Crippen LogP contribution is 2.17. The summed E-state index contributed by atoms with van der Waals surface area (Å²) in [7, 11) is 1.26. The lowest BCUT2D eigenvalue weighted by Gasteiger charge is -2.15. The predicted octanol–water partition coefficient (Wildman–Crippen LogP) is 1.74. The Bertz CT molecular complexity index is 682. The molecule has 0 aliphatic rings. The number of carbonyl (C=O) groups is 2. The minimum absolute atomic E-state index is 0.0496.